The number of pyridine rings is 1. The number of hydrogen-bond donors (Lipinski definition) is 0. The summed E-state index contributed by atoms with van der Waals surface area (Å²) in [5.41, 5.74) is 2.76. The SMILES string of the molecule is CCN1CCN(c2cc3c(cn2)CCC=C3)CC1. The lowest BCUT2D eigenvalue weighted by Gasteiger charge is -2.35. The van der Waals surface area contributed by atoms with E-state index in [-0.39, 0.29) is 0 Å². The zero-order chi connectivity index (χ0) is 12.4. The fraction of sp³-hybridized carbons (Fsp3) is 0.533. The fourth-order valence-corrected chi connectivity index (χ4v) is 2.77. The number of fused-ring (bicyclic) bond motifs is 1. The van der Waals surface area contributed by atoms with Crippen molar-refractivity contribution in [3.05, 3.63) is 29.5 Å². The van der Waals surface area contributed by atoms with E-state index in [2.05, 4.69) is 46.1 Å². The largest absolute Gasteiger partial charge is 0.354 e. The van der Waals surface area contributed by atoms with Crippen molar-refractivity contribution < 1.29 is 0 Å². The molecule has 0 amide bonds. The van der Waals surface area contributed by atoms with Crippen molar-refractivity contribution in [1.29, 1.82) is 0 Å². The second-order valence-corrected chi connectivity index (χ2v) is 5.10. The normalized spacial score (nSPS) is 19.9. The van der Waals surface area contributed by atoms with Crippen LogP contribution in [0, 0.1) is 0 Å². The molecule has 96 valence electrons. The Bertz CT molecular complexity index is 445. The van der Waals surface area contributed by atoms with Gasteiger partial charge in [0.2, 0.25) is 0 Å². The van der Waals surface area contributed by atoms with Gasteiger partial charge in [-0.15, -0.1) is 0 Å². The van der Waals surface area contributed by atoms with E-state index in [1.807, 2.05) is 0 Å². The molecule has 0 aromatic carbocycles. The summed E-state index contributed by atoms with van der Waals surface area (Å²) < 4.78 is 0. The summed E-state index contributed by atoms with van der Waals surface area (Å²) in [7, 11) is 0. The maximum Gasteiger partial charge on any atom is 0.129 e. The molecule has 0 atom stereocenters. The highest BCUT2D eigenvalue weighted by Crippen LogP contribution is 2.23. The molecule has 0 spiro atoms. The van der Waals surface area contributed by atoms with Crippen molar-refractivity contribution in [1.82, 2.24) is 9.88 Å². The minimum absolute atomic E-state index is 1.10. The zero-order valence-electron chi connectivity index (χ0n) is 11.1. The van der Waals surface area contributed by atoms with Gasteiger partial charge in [-0.2, -0.15) is 0 Å². The van der Waals surface area contributed by atoms with Gasteiger partial charge in [0.15, 0.2) is 0 Å². The number of allylic oxidation sites excluding steroid dienone is 1. The number of anilines is 1. The van der Waals surface area contributed by atoms with Crippen molar-refractivity contribution in [2.75, 3.05) is 37.6 Å². The standard InChI is InChI=1S/C15H21N3/c1-2-17-7-9-18(10-8-17)15-11-13-5-3-4-6-14(13)12-16-15/h3,5,11-12H,2,4,6-10H2,1H3. The first-order valence-electron chi connectivity index (χ1n) is 6.99. The third-order valence-electron chi connectivity index (χ3n) is 4.03. The summed E-state index contributed by atoms with van der Waals surface area (Å²) in [6.45, 7) is 7.91. The molecule has 2 aliphatic rings. The van der Waals surface area contributed by atoms with E-state index in [1.165, 1.54) is 11.1 Å². The van der Waals surface area contributed by atoms with Crippen molar-refractivity contribution in [3.8, 4) is 0 Å². The van der Waals surface area contributed by atoms with Gasteiger partial charge in [-0.3, -0.25) is 0 Å². The molecular weight excluding hydrogens is 222 g/mol. The highest BCUT2D eigenvalue weighted by Gasteiger charge is 2.17. The average Bonchev–Trinajstić information content (AvgIpc) is 2.47. The molecule has 1 aliphatic carbocycles. The van der Waals surface area contributed by atoms with E-state index >= 15 is 0 Å². The van der Waals surface area contributed by atoms with E-state index in [0.29, 0.717) is 0 Å². The van der Waals surface area contributed by atoms with Gasteiger partial charge >= 0.3 is 0 Å². The molecule has 0 N–H and O–H groups in total. The number of aromatic nitrogens is 1. The maximum atomic E-state index is 4.64. The van der Waals surface area contributed by atoms with Crippen LogP contribution in [0.1, 0.15) is 24.5 Å². The topological polar surface area (TPSA) is 19.4 Å². The molecule has 0 saturated carbocycles. The van der Waals surface area contributed by atoms with Crippen LogP contribution in [-0.2, 0) is 6.42 Å². The Labute approximate surface area is 109 Å². The molecule has 0 bridgehead atoms. The summed E-state index contributed by atoms with van der Waals surface area (Å²) in [6, 6.07) is 2.26. The molecule has 1 aromatic rings. The Balaban J connectivity index is 1.76. The number of likely N-dealkylation sites (N-methyl/N-ethyl adjacent to an activating group) is 1. The first kappa shape index (κ1) is 11.7. The van der Waals surface area contributed by atoms with Gasteiger partial charge in [0.25, 0.3) is 0 Å². The third-order valence-corrected chi connectivity index (χ3v) is 4.03. The summed E-state index contributed by atoms with van der Waals surface area (Å²) in [5.74, 6) is 1.15. The first-order chi connectivity index (χ1) is 8.86. The van der Waals surface area contributed by atoms with E-state index < -0.39 is 0 Å². The monoisotopic (exact) mass is 243 g/mol. The van der Waals surface area contributed by atoms with Gasteiger partial charge in [-0.25, -0.2) is 4.98 Å². The summed E-state index contributed by atoms with van der Waals surface area (Å²) >= 11 is 0. The van der Waals surface area contributed by atoms with Gasteiger partial charge in [-0.05, 0) is 36.6 Å². The zero-order valence-corrected chi connectivity index (χ0v) is 11.1. The van der Waals surface area contributed by atoms with Crippen molar-refractivity contribution in [2.45, 2.75) is 19.8 Å². The van der Waals surface area contributed by atoms with Gasteiger partial charge in [0.05, 0.1) is 0 Å². The summed E-state index contributed by atoms with van der Waals surface area (Å²) in [6.07, 6.45) is 8.87. The molecule has 0 unspecified atom stereocenters. The molecular formula is C15H21N3. The van der Waals surface area contributed by atoms with Crippen molar-refractivity contribution in [2.24, 2.45) is 0 Å². The first-order valence-corrected chi connectivity index (χ1v) is 6.99. The number of hydrogen-bond acceptors (Lipinski definition) is 3. The van der Waals surface area contributed by atoms with Crippen LogP contribution in [0.15, 0.2) is 18.3 Å². The van der Waals surface area contributed by atoms with E-state index in [1.54, 1.807) is 0 Å². The van der Waals surface area contributed by atoms with Crippen molar-refractivity contribution in [3.63, 3.8) is 0 Å². The maximum absolute atomic E-state index is 4.64. The van der Waals surface area contributed by atoms with Crippen LogP contribution in [-0.4, -0.2) is 42.6 Å². The van der Waals surface area contributed by atoms with Crippen LogP contribution in [0.25, 0.3) is 6.08 Å². The van der Waals surface area contributed by atoms with E-state index in [0.717, 1.165) is 51.4 Å². The molecule has 1 saturated heterocycles. The molecule has 1 aliphatic heterocycles. The predicted octanol–water partition coefficient (Wildman–Crippen LogP) is 2.18. The fourth-order valence-electron chi connectivity index (χ4n) is 2.77. The number of piperazine rings is 1. The molecule has 0 radical (unpaired) electrons. The second kappa shape index (κ2) is 5.11. The smallest absolute Gasteiger partial charge is 0.129 e. The summed E-state index contributed by atoms with van der Waals surface area (Å²) in [5, 5.41) is 0. The van der Waals surface area contributed by atoms with Crippen LogP contribution in [0.3, 0.4) is 0 Å². The number of nitrogens with zero attached hydrogens (tertiary/aromatic N) is 3. The minimum Gasteiger partial charge on any atom is -0.354 e. The van der Waals surface area contributed by atoms with Crippen LogP contribution in [0.2, 0.25) is 0 Å². The molecule has 1 fully saturated rings. The third kappa shape index (κ3) is 2.27. The van der Waals surface area contributed by atoms with Gasteiger partial charge < -0.3 is 9.80 Å². The Kier molecular flexibility index (Phi) is 3.33. The molecule has 3 nitrogen and oxygen atoms in total. The van der Waals surface area contributed by atoms with Gasteiger partial charge in [-0.1, -0.05) is 19.1 Å². The highest BCUT2D eigenvalue weighted by atomic mass is 15.3. The highest BCUT2D eigenvalue weighted by molar-refractivity contribution is 5.60. The second-order valence-electron chi connectivity index (χ2n) is 5.10. The van der Waals surface area contributed by atoms with E-state index in [9.17, 15) is 0 Å². The molecule has 3 rings (SSSR count). The molecule has 1 aromatic heterocycles. The quantitative estimate of drug-likeness (QED) is 0.793. The Morgan fingerprint density at radius 1 is 1.22 bits per heavy atom. The Hall–Kier alpha value is -1.35. The Morgan fingerprint density at radius 2 is 2.06 bits per heavy atom. The lowest BCUT2D eigenvalue weighted by molar-refractivity contribution is 0.270. The van der Waals surface area contributed by atoms with Crippen LogP contribution in [0.5, 0.6) is 0 Å². The van der Waals surface area contributed by atoms with Crippen LogP contribution in [0.4, 0.5) is 5.82 Å². The molecule has 18 heavy (non-hydrogen) atoms. The van der Waals surface area contributed by atoms with E-state index in [4.69, 9.17) is 0 Å². The van der Waals surface area contributed by atoms with Gasteiger partial charge in [0.1, 0.15) is 5.82 Å². The Morgan fingerprint density at radius 3 is 2.83 bits per heavy atom. The molecule has 3 heteroatoms. The number of rotatable bonds is 2. The lowest BCUT2D eigenvalue weighted by Crippen LogP contribution is -2.46. The average molecular weight is 243 g/mol. The van der Waals surface area contributed by atoms with Crippen LogP contribution >= 0.6 is 0 Å². The van der Waals surface area contributed by atoms with Crippen molar-refractivity contribution >= 4 is 11.9 Å². The minimum atomic E-state index is 1.10. The van der Waals surface area contributed by atoms with Gasteiger partial charge in [0, 0.05) is 32.4 Å². The number of aryl methyl sites for hydroxylation is 1. The predicted molar refractivity (Wildman–Crippen MR) is 75.9 cm³/mol. The van der Waals surface area contributed by atoms with Crippen LogP contribution < -0.4 is 4.90 Å². The molecule has 2 heterocycles. The summed E-state index contributed by atoms with van der Waals surface area (Å²) in [4.78, 5) is 9.55. The lowest BCUT2D eigenvalue weighted by atomic mass is 9.99.